The molecule has 0 saturated carbocycles. The molecule has 2 N–H and O–H groups in total. The van der Waals surface area contributed by atoms with Crippen molar-refractivity contribution in [2.24, 2.45) is 7.05 Å². The Morgan fingerprint density at radius 1 is 1.41 bits per heavy atom. The SMILES string of the molecule is Cc1oc2ncn(C)c(=O)c2c1C(=O)NCCCCC(=O)O. The maximum atomic E-state index is 12.2. The molecule has 1 amide bonds. The number of fused-ring (bicyclic) bond motifs is 1. The number of hydrogen-bond donors (Lipinski definition) is 2. The topological polar surface area (TPSA) is 114 Å². The highest BCUT2D eigenvalue weighted by molar-refractivity contribution is 6.06. The van der Waals surface area contributed by atoms with Crippen molar-refractivity contribution in [1.29, 1.82) is 0 Å². The maximum absolute atomic E-state index is 12.2. The second kappa shape index (κ2) is 6.42. The molecule has 8 nitrogen and oxygen atoms in total. The lowest BCUT2D eigenvalue weighted by Crippen LogP contribution is -2.27. The lowest BCUT2D eigenvalue weighted by atomic mass is 10.1. The van der Waals surface area contributed by atoms with Crippen molar-refractivity contribution in [3.8, 4) is 0 Å². The molecule has 0 fully saturated rings. The van der Waals surface area contributed by atoms with Crippen LogP contribution in [-0.2, 0) is 11.8 Å². The number of rotatable bonds is 6. The Bertz CT molecular complexity index is 775. The number of carbonyl (C=O) groups excluding carboxylic acids is 1. The minimum atomic E-state index is -0.863. The largest absolute Gasteiger partial charge is 0.481 e. The highest BCUT2D eigenvalue weighted by Gasteiger charge is 2.21. The molecule has 0 spiro atoms. The van der Waals surface area contributed by atoms with E-state index in [4.69, 9.17) is 9.52 Å². The van der Waals surface area contributed by atoms with Gasteiger partial charge in [0.15, 0.2) is 0 Å². The van der Waals surface area contributed by atoms with Gasteiger partial charge in [-0.05, 0) is 19.8 Å². The molecule has 0 saturated heterocycles. The van der Waals surface area contributed by atoms with Crippen LogP contribution < -0.4 is 10.9 Å². The van der Waals surface area contributed by atoms with Gasteiger partial charge in [0.05, 0.1) is 5.56 Å². The zero-order chi connectivity index (χ0) is 16.3. The third-order valence-corrected chi connectivity index (χ3v) is 3.28. The quantitative estimate of drug-likeness (QED) is 0.764. The summed E-state index contributed by atoms with van der Waals surface area (Å²) in [5.74, 6) is -0.955. The Labute approximate surface area is 125 Å². The third-order valence-electron chi connectivity index (χ3n) is 3.28. The number of nitrogens with zero attached hydrogens (tertiary/aromatic N) is 2. The van der Waals surface area contributed by atoms with Crippen molar-refractivity contribution in [2.45, 2.75) is 26.2 Å². The molecule has 0 radical (unpaired) electrons. The van der Waals surface area contributed by atoms with Gasteiger partial charge in [0.1, 0.15) is 17.5 Å². The number of hydrogen-bond acceptors (Lipinski definition) is 5. The van der Waals surface area contributed by atoms with Gasteiger partial charge in [-0.2, -0.15) is 0 Å². The van der Waals surface area contributed by atoms with E-state index in [0.717, 1.165) is 0 Å². The first-order valence-electron chi connectivity index (χ1n) is 6.86. The second-order valence-electron chi connectivity index (χ2n) is 4.98. The molecule has 0 aliphatic heterocycles. The molecule has 0 aliphatic carbocycles. The van der Waals surface area contributed by atoms with Crippen LogP contribution in [0.4, 0.5) is 0 Å². The number of carboxylic acid groups (broad SMARTS) is 1. The minimum Gasteiger partial charge on any atom is -0.481 e. The summed E-state index contributed by atoms with van der Waals surface area (Å²) in [6.45, 7) is 1.93. The van der Waals surface area contributed by atoms with Crippen LogP contribution in [0.5, 0.6) is 0 Å². The third kappa shape index (κ3) is 3.16. The molecular formula is C14H17N3O5. The standard InChI is InChI=1S/C14H17N3O5/c1-8-10(12(20)15-6-4-3-5-9(18)19)11-13(22-8)16-7-17(2)14(11)21/h7H,3-6H2,1-2H3,(H,15,20)(H,18,19). The summed E-state index contributed by atoms with van der Waals surface area (Å²) in [5.41, 5.74) is -0.0311. The molecule has 118 valence electrons. The van der Waals surface area contributed by atoms with Gasteiger partial charge in [-0.1, -0.05) is 0 Å². The van der Waals surface area contributed by atoms with E-state index < -0.39 is 11.9 Å². The molecule has 8 heteroatoms. The van der Waals surface area contributed by atoms with E-state index in [0.29, 0.717) is 25.1 Å². The average molecular weight is 307 g/mol. The van der Waals surface area contributed by atoms with Crippen molar-refractivity contribution in [2.75, 3.05) is 6.54 Å². The van der Waals surface area contributed by atoms with Crippen LogP contribution in [0, 0.1) is 6.92 Å². The van der Waals surface area contributed by atoms with Gasteiger partial charge in [0.25, 0.3) is 11.5 Å². The number of unbranched alkanes of at least 4 members (excludes halogenated alkanes) is 1. The van der Waals surface area contributed by atoms with Crippen molar-refractivity contribution < 1.29 is 19.1 Å². The maximum Gasteiger partial charge on any atom is 0.303 e. The molecular weight excluding hydrogens is 290 g/mol. The fraction of sp³-hybridized carbons (Fsp3) is 0.429. The molecule has 0 aliphatic rings. The van der Waals surface area contributed by atoms with Crippen molar-refractivity contribution in [3.05, 3.63) is 28.0 Å². The van der Waals surface area contributed by atoms with Gasteiger partial charge in [0.2, 0.25) is 5.71 Å². The van der Waals surface area contributed by atoms with E-state index in [1.807, 2.05) is 0 Å². The van der Waals surface area contributed by atoms with Crippen LogP contribution >= 0.6 is 0 Å². The Morgan fingerprint density at radius 3 is 2.82 bits per heavy atom. The normalized spacial score (nSPS) is 10.8. The van der Waals surface area contributed by atoms with Crippen LogP contribution in [0.3, 0.4) is 0 Å². The number of carboxylic acids is 1. The summed E-state index contributed by atoms with van der Waals surface area (Å²) >= 11 is 0. The van der Waals surface area contributed by atoms with Crippen LogP contribution in [0.1, 0.15) is 35.4 Å². The zero-order valence-corrected chi connectivity index (χ0v) is 12.4. The number of carbonyl (C=O) groups is 2. The van der Waals surface area contributed by atoms with Crippen molar-refractivity contribution >= 4 is 23.0 Å². The molecule has 22 heavy (non-hydrogen) atoms. The van der Waals surface area contributed by atoms with Gasteiger partial charge in [-0.25, -0.2) is 4.98 Å². The minimum absolute atomic E-state index is 0.0635. The molecule has 0 atom stereocenters. The number of aliphatic carboxylic acids is 1. The van der Waals surface area contributed by atoms with E-state index in [1.54, 1.807) is 14.0 Å². The Morgan fingerprint density at radius 2 is 2.14 bits per heavy atom. The number of aromatic nitrogens is 2. The van der Waals surface area contributed by atoms with Crippen LogP contribution in [0.15, 0.2) is 15.5 Å². The summed E-state index contributed by atoms with van der Waals surface area (Å²) in [6, 6.07) is 0. The second-order valence-corrected chi connectivity index (χ2v) is 4.98. The van der Waals surface area contributed by atoms with Crippen LogP contribution in [0.25, 0.3) is 11.1 Å². The predicted molar refractivity (Wildman–Crippen MR) is 77.8 cm³/mol. The number of amides is 1. The fourth-order valence-corrected chi connectivity index (χ4v) is 2.15. The van der Waals surface area contributed by atoms with Crippen LogP contribution in [0.2, 0.25) is 0 Å². The van der Waals surface area contributed by atoms with E-state index in [9.17, 15) is 14.4 Å². The summed E-state index contributed by atoms with van der Waals surface area (Å²) < 4.78 is 6.63. The summed E-state index contributed by atoms with van der Waals surface area (Å²) in [5, 5.41) is 11.4. The first kappa shape index (κ1) is 15.7. The summed E-state index contributed by atoms with van der Waals surface area (Å²) in [4.78, 5) is 38.8. The van der Waals surface area contributed by atoms with E-state index in [-0.39, 0.29) is 28.6 Å². The first-order chi connectivity index (χ1) is 10.4. The van der Waals surface area contributed by atoms with Gasteiger partial charge in [-0.3, -0.25) is 14.4 Å². The van der Waals surface area contributed by atoms with Gasteiger partial charge in [-0.15, -0.1) is 0 Å². The Hall–Kier alpha value is -2.64. The van der Waals surface area contributed by atoms with Crippen molar-refractivity contribution in [3.63, 3.8) is 0 Å². The first-order valence-corrected chi connectivity index (χ1v) is 6.86. The molecule has 2 aromatic rings. The van der Waals surface area contributed by atoms with Gasteiger partial charge in [0, 0.05) is 20.0 Å². The number of aryl methyl sites for hydroxylation is 2. The highest BCUT2D eigenvalue weighted by atomic mass is 16.4. The monoisotopic (exact) mass is 307 g/mol. The van der Waals surface area contributed by atoms with E-state index >= 15 is 0 Å². The fourth-order valence-electron chi connectivity index (χ4n) is 2.15. The van der Waals surface area contributed by atoms with Gasteiger partial charge >= 0.3 is 5.97 Å². The molecule has 2 aromatic heterocycles. The molecule has 0 unspecified atom stereocenters. The summed E-state index contributed by atoms with van der Waals surface area (Å²) in [6.07, 6.45) is 2.42. The lowest BCUT2D eigenvalue weighted by molar-refractivity contribution is -0.137. The molecule has 2 heterocycles. The Kier molecular flexibility index (Phi) is 4.59. The van der Waals surface area contributed by atoms with E-state index in [1.165, 1.54) is 10.9 Å². The number of nitrogens with one attached hydrogen (secondary N) is 1. The Balaban J connectivity index is 2.15. The molecule has 0 aromatic carbocycles. The average Bonchev–Trinajstić information content (AvgIpc) is 2.79. The zero-order valence-electron chi connectivity index (χ0n) is 12.4. The predicted octanol–water partition coefficient (Wildman–Crippen LogP) is 0.820. The number of furan rings is 1. The van der Waals surface area contributed by atoms with E-state index in [2.05, 4.69) is 10.3 Å². The summed E-state index contributed by atoms with van der Waals surface area (Å²) in [7, 11) is 1.55. The molecule has 0 bridgehead atoms. The smallest absolute Gasteiger partial charge is 0.303 e. The van der Waals surface area contributed by atoms with Gasteiger partial charge < -0.3 is 19.4 Å². The lowest BCUT2D eigenvalue weighted by Gasteiger charge is -2.04. The molecule has 2 rings (SSSR count). The van der Waals surface area contributed by atoms with Crippen molar-refractivity contribution in [1.82, 2.24) is 14.9 Å². The van der Waals surface area contributed by atoms with Crippen LogP contribution in [-0.4, -0.2) is 33.1 Å². The highest BCUT2D eigenvalue weighted by Crippen LogP contribution is 2.20.